The lowest BCUT2D eigenvalue weighted by atomic mass is 10.1. The molecule has 1 fully saturated rings. The number of benzene rings is 1. The average molecular weight is 263 g/mol. The maximum atomic E-state index is 8.62. The second kappa shape index (κ2) is 6.54. The van der Waals surface area contributed by atoms with Gasteiger partial charge in [0.05, 0.1) is 12.7 Å². The summed E-state index contributed by atoms with van der Waals surface area (Å²) in [5.74, 6) is 0.143. The Kier molecular flexibility index (Phi) is 4.76. The van der Waals surface area contributed by atoms with E-state index in [2.05, 4.69) is 17.0 Å². The highest BCUT2D eigenvalue weighted by Gasteiger charge is 2.18. The van der Waals surface area contributed by atoms with Gasteiger partial charge in [-0.25, -0.2) is 0 Å². The van der Waals surface area contributed by atoms with Crippen LogP contribution in [-0.2, 0) is 11.3 Å². The molecule has 1 aromatic carbocycles. The number of nitrogens with two attached hydrogens (primary N) is 1. The van der Waals surface area contributed by atoms with Gasteiger partial charge in [-0.2, -0.15) is 0 Å². The second-order valence-electron chi connectivity index (χ2n) is 4.82. The number of morpholine rings is 1. The molecule has 5 nitrogen and oxygen atoms in total. The van der Waals surface area contributed by atoms with Crippen LogP contribution in [0, 0.1) is 0 Å². The van der Waals surface area contributed by atoms with E-state index in [9.17, 15) is 0 Å². The van der Waals surface area contributed by atoms with E-state index in [4.69, 9.17) is 15.7 Å². The van der Waals surface area contributed by atoms with Crippen molar-refractivity contribution < 1.29 is 9.94 Å². The molecule has 19 heavy (non-hydrogen) atoms. The SMILES string of the molecule is CCC1CN(Cc2ccc(/C(N)=N/O)cc2)CCO1. The lowest BCUT2D eigenvalue weighted by Gasteiger charge is -2.32. The first-order valence-corrected chi connectivity index (χ1v) is 6.63. The standard InChI is InChI=1S/C14H21N3O2/c1-2-13-10-17(7-8-19-13)9-11-3-5-12(6-4-11)14(15)16-18/h3-6,13,18H,2,7-10H2,1H3,(H2,15,16). The highest BCUT2D eigenvalue weighted by Crippen LogP contribution is 2.13. The van der Waals surface area contributed by atoms with Crippen molar-refractivity contribution in [3.8, 4) is 0 Å². The fraction of sp³-hybridized carbons (Fsp3) is 0.500. The number of ether oxygens (including phenoxy) is 1. The Morgan fingerprint density at radius 3 is 2.84 bits per heavy atom. The van der Waals surface area contributed by atoms with E-state index in [1.165, 1.54) is 5.56 Å². The van der Waals surface area contributed by atoms with Crippen LogP contribution >= 0.6 is 0 Å². The van der Waals surface area contributed by atoms with Crippen LogP contribution in [0.5, 0.6) is 0 Å². The number of hydrogen-bond acceptors (Lipinski definition) is 4. The molecule has 1 heterocycles. The van der Waals surface area contributed by atoms with E-state index in [-0.39, 0.29) is 5.84 Å². The molecule has 1 aromatic rings. The summed E-state index contributed by atoms with van der Waals surface area (Å²) in [7, 11) is 0. The molecule has 0 saturated carbocycles. The van der Waals surface area contributed by atoms with Gasteiger partial charge in [-0.1, -0.05) is 36.3 Å². The maximum absolute atomic E-state index is 8.62. The summed E-state index contributed by atoms with van der Waals surface area (Å²) in [5, 5.41) is 11.6. The van der Waals surface area contributed by atoms with Crippen LogP contribution in [0.15, 0.2) is 29.4 Å². The average Bonchev–Trinajstić information content (AvgIpc) is 2.47. The van der Waals surface area contributed by atoms with Gasteiger partial charge in [0.1, 0.15) is 0 Å². The summed E-state index contributed by atoms with van der Waals surface area (Å²) in [6.45, 7) is 5.83. The third kappa shape index (κ3) is 3.68. The Labute approximate surface area is 113 Å². The summed E-state index contributed by atoms with van der Waals surface area (Å²) >= 11 is 0. The monoisotopic (exact) mass is 263 g/mol. The molecule has 2 rings (SSSR count). The molecule has 0 spiro atoms. The number of nitrogens with zero attached hydrogens (tertiary/aromatic N) is 2. The fourth-order valence-electron chi connectivity index (χ4n) is 2.27. The van der Waals surface area contributed by atoms with E-state index in [0.29, 0.717) is 6.10 Å². The number of hydrogen-bond donors (Lipinski definition) is 2. The van der Waals surface area contributed by atoms with Crippen molar-refractivity contribution in [1.29, 1.82) is 0 Å². The molecule has 5 heteroatoms. The summed E-state index contributed by atoms with van der Waals surface area (Å²) in [6, 6.07) is 7.79. The maximum Gasteiger partial charge on any atom is 0.170 e. The van der Waals surface area contributed by atoms with Gasteiger partial charge in [0, 0.05) is 25.2 Å². The van der Waals surface area contributed by atoms with Gasteiger partial charge >= 0.3 is 0 Å². The topological polar surface area (TPSA) is 71.1 Å². The van der Waals surface area contributed by atoms with Crippen molar-refractivity contribution in [2.45, 2.75) is 26.0 Å². The predicted molar refractivity (Wildman–Crippen MR) is 74.3 cm³/mol. The minimum Gasteiger partial charge on any atom is -0.409 e. The number of amidine groups is 1. The van der Waals surface area contributed by atoms with Crippen molar-refractivity contribution in [1.82, 2.24) is 4.90 Å². The van der Waals surface area contributed by atoms with Gasteiger partial charge in [-0.3, -0.25) is 4.90 Å². The van der Waals surface area contributed by atoms with E-state index >= 15 is 0 Å². The first-order chi connectivity index (χ1) is 9.22. The molecule has 1 atom stereocenters. The van der Waals surface area contributed by atoms with Crippen LogP contribution in [0.25, 0.3) is 0 Å². The van der Waals surface area contributed by atoms with Crippen LogP contribution in [-0.4, -0.2) is 41.7 Å². The predicted octanol–water partition coefficient (Wildman–Crippen LogP) is 1.39. The Bertz CT molecular complexity index is 431. The summed E-state index contributed by atoms with van der Waals surface area (Å²) in [6.07, 6.45) is 1.41. The highest BCUT2D eigenvalue weighted by molar-refractivity contribution is 5.96. The van der Waals surface area contributed by atoms with E-state index in [0.717, 1.165) is 38.2 Å². The van der Waals surface area contributed by atoms with Crippen LogP contribution in [0.2, 0.25) is 0 Å². The first-order valence-electron chi connectivity index (χ1n) is 6.63. The van der Waals surface area contributed by atoms with Crippen molar-refractivity contribution >= 4 is 5.84 Å². The number of oxime groups is 1. The molecule has 0 amide bonds. The van der Waals surface area contributed by atoms with Crippen molar-refractivity contribution in [2.75, 3.05) is 19.7 Å². The molecule has 1 aliphatic rings. The highest BCUT2D eigenvalue weighted by atomic mass is 16.5. The van der Waals surface area contributed by atoms with Crippen molar-refractivity contribution in [3.05, 3.63) is 35.4 Å². The minimum absolute atomic E-state index is 0.143. The van der Waals surface area contributed by atoms with Crippen LogP contribution < -0.4 is 5.73 Å². The largest absolute Gasteiger partial charge is 0.409 e. The zero-order valence-corrected chi connectivity index (χ0v) is 11.2. The first kappa shape index (κ1) is 13.8. The Morgan fingerprint density at radius 2 is 2.21 bits per heavy atom. The molecule has 0 aromatic heterocycles. The van der Waals surface area contributed by atoms with Crippen molar-refractivity contribution in [3.63, 3.8) is 0 Å². The molecule has 0 bridgehead atoms. The quantitative estimate of drug-likeness (QED) is 0.373. The summed E-state index contributed by atoms with van der Waals surface area (Å²) in [5.41, 5.74) is 7.50. The van der Waals surface area contributed by atoms with Gasteiger partial charge in [0.15, 0.2) is 5.84 Å². The van der Waals surface area contributed by atoms with E-state index in [1.807, 2.05) is 24.3 Å². The van der Waals surface area contributed by atoms with Gasteiger partial charge < -0.3 is 15.7 Å². The van der Waals surface area contributed by atoms with Gasteiger partial charge in [-0.05, 0) is 12.0 Å². The molecule has 1 saturated heterocycles. The van der Waals surface area contributed by atoms with Gasteiger partial charge in [-0.15, -0.1) is 0 Å². The zero-order valence-electron chi connectivity index (χ0n) is 11.2. The van der Waals surface area contributed by atoms with Crippen LogP contribution in [0.3, 0.4) is 0 Å². The lowest BCUT2D eigenvalue weighted by molar-refractivity contribution is -0.0324. The molecular formula is C14H21N3O2. The van der Waals surface area contributed by atoms with Crippen LogP contribution in [0.4, 0.5) is 0 Å². The molecule has 0 aliphatic carbocycles. The van der Waals surface area contributed by atoms with E-state index in [1.54, 1.807) is 0 Å². The van der Waals surface area contributed by atoms with Gasteiger partial charge in [0.2, 0.25) is 0 Å². The van der Waals surface area contributed by atoms with Crippen LogP contribution in [0.1, 0.15) is 24.5 Å². The summed E-state index contributed by atoms with van der Waals surface area (Å²) < 4.78 is 5.66. The fourth-order valence-corrected chi connectivity index (χ4v) is 2.27. The molecule has 0 radical (unpaired) electrons. The molecule has 104 valence electrons. The smallest absolute Gasteiger partial charge is 0.170 e. The Hall–Kier alpha value is -1.59. The Morgan fingerprint density at radius 1 is 1.47 bits per heavy atom. The van der Waals surface area contributed by atoms with E-state index < -0.39 is 0 Å². The summed E-state index contributed by atoms with van der Waals surface area (Å²) in [4.78, 5) is 2.40. The van der Waals surface area contributed by atoms with Crippen molar-refractivity contribution in [2.24, 2.45) is 10.9 Å². The number of rotatable bonds is 4. The normalized spacial score (nSPS) is 21.5. The molecule has 1 unspecified atom stereocenters. The molecule has 3 N–H and O–H groups in total. The third-order valence-electron chi connectivity index (χ3n) is 3.44. The third-order valence-corrected chi connectivity index (χ3v) is 3.44. The second-order valence-corrected chi connectivity index (χ2v) is 4.82. The Balaban J connectivity index is 1.96. The zero-order chi connectivity index (χ0) is 13.7. The molecule has 1 aliphatic heterocycles. The van der Waals surface area contributed by atoms with Gasteiger partial charge in [0.25, 0.3) is 0 Å². The molecular weight excluding hydrogens is 242 g/mol. The lowest BCUT2D eigenvalue weighted by Crippen LogP contribution is -2.41. The minimum atomic E-state index is 0.143.